The summed E-state index contributed by atoms with van der Waals surface area (Å²) in [6.07, 6.45) is 7.74. The number of carbonyl (C=O) groups is 1. The van der Waals surface area contributed by atoms with Crippen molar-refractivity contribution in [3.05, 3.63) is 18.2 Å². The topological polar surface area (TPSA) is 57.8 Å². The number of hydrogen-bond acceptors (Lipinski definition) is 3. The number of imidazole rings is 1. The van der Waals surface area contributed by atoms with E-state index in [0.717, 1.165) is 24.3 Å². The van der Waals surface area contributed by atoms with E-state index < -0.39 is 0 Å². The number of aromatic amines is 1. The third-order valence-electron chi connectivity index (χ3n) is 2.72. The molecule has 2 N–H and O–H groups in total. The monoisotopic (exact) mass is 239 g/mol. The highest BCUT2D eigenvalue weighted by molar-refractivity contribution is 8.00. The van der Waals surface area contributed by atoms with Crippen LogP contribution in [0.4, 0.5) is 0 Å². The van der Waals surface area contributed by atoms with Crippen molar-refractivity contribution < 1.29 is 4.79 Å². The molecule has 5 heteroatoms. The summed E-state index contributed by atoms with van der Waals surface area (Å²) in [5.74, 6) is 1.32. The molecule has 1 amide bonds. The summed E-state index contributed by atoms with van der Waals surface area (Å²) in [5.41, 5.74) is 1.07. The van der Waals surface area contributed by atoms with E-state index in [1.165, 1.54) is 12.8 Å². The molecule has 16 heavy (non-hydrogen) atoms. The number of amides is 1. The molecule has 1 saturated heterocycles. The Kier molecular flexibility index (Phi) is 4.27. The number of thioether (sulfide) groups is 1. The third-order valence-corrected chi connectivity index (χ3v) is 4.10. The molecule has 88 valence electrons. The van der Waals surface area contributed by atoms with Gasteiger partial charge in [0.2, 0.25) is 5.91 Å². The summed E-state index contributed by atoms with van der Waals surface area (Å²) in [4.78, 5) is 18.7. The molecule has 0 spiro atoms. The lowest BCUT2D eigenvalue weighted by Gasteiger charge is -2.20. The van der Waals surface area contributed by atoms with Crippen LogP contribution in [0.2, 0.25) is 0 Å². The molecule has 0 saturated carbocycles. The molecule has 0 aromatic carbocycles. The van der Waals surface area contributed by atoms with Gasteiger partial charge in [0.05, 0.1) is 11.6 Å². The molecule has 0 radical (unpaired) electrons. The van der Waals surface area contributed by atoms with Gasteiger partial charge in [0.25, 0.3) is 0 Å². The van der Waals surface area contributed by atoms with Gasteiger partial charge in [0.1, 0.15) is 0 Å². The molecule has 1 aromatic rings. The van der Waals surface area contributed by atoms with Gasteiger partial charge in [0.15, 0.2) is 0 Å². The van der Waals surface area contributed by atoms with Crippen LogP contribution in [0.25, 0.3) is 0 Å². The normalized spacial score (nSPS) is 20.6. The van der Waals surface area contributed by atoms with Crippen LogP contribution in [0.3, 0.4) is 0 Å². The largest absolute Gasteiger partial charge is 0.355 e. The van der Waals surface area contributed by atoms with Crippen molar-refractivity contribution in [1.82, 2.24) is 15.3 Å². The summed E-state index contributed by atoms with van der Waals surface area (Å²) < 4.78 is 0. The van der Waals surface area contributed by atoms with Gasteiger partial charge in [0, 0.05) is 24.9 Å². The highest BCUT2D eigenvalue weighted by Gasteiger charge is 2.20. The maximum Gasteiger partial charge on any atom is 0.233 e. The standard InChI is InChI=1S/C11H17N3OS/c15-11(10-3-1-2-6-16-10)13-5-4-9-7-12-8-14-9/h7-8,10H,1-6H2,(H,12,14)(H,13,15). The lowest BCUT2D eigenvalue weighted by Crippen LogP contribution is -2.35. The molecule has 4 nitrogen and oxygen atoms in total. The van der Waals surface area contributed by atoms with Gasteiger partial charge in [-0.3, -0.25) is 4.79 Å². The summed E-state index contributed by atoms with van der Waals surface area (Å²) >= 11 is 1.79. The minimum atomic E-state index is 0.176. The number of aromatic nitrogens is 2. The van der Waals surface area contributed by atoms with Crippen molar-refractivity contribution in [3.63, 3.8) is 0 Å². The van der Waals surface area contributed by atoms with Crippen molar-refractivity contribution in [2.75, 3.05) is 12.3 Å². The van der Waals surface area contributed by atoms with E-state index in [0.29, 0.717) is 6.54 Å². The van der Waals surface area contributed by atoms with Crippen LogP contribution in [0, 0.1) is 0 Å². The second-order valence-electron chi connectivity index (χ2n) is 3.97. The smallest absolute Gasteiger partial charge is 0.233 e. The van der Waals surface area contributed by atoms with E-state index in [9.17, 15) is 4.79 Å². The predicted octanol–water partition coefficient (Wildman–Crippen LogP) is 1.35. The summed E-state index contributed by atoms with van der Waals surface area (Å²) in [6.45, 7) is 0.693. The van der Waals surface area contributed by atoms with E-state index in [4.69, 9.17) is 0 Å². The van der Waals surface area contributed by atoms with E-state index in [1.807, 2.05) is 0 Å². The first-order chi connectivity index (χ1) is 7.86. The minimum Gasteiger partial charge on any atom is -0.355 e. The predicted molar refractivity (Wildman–Crippen MR) is 65.4 cm³/mol. The maximum atomic E-state index is 11.8. The van der Waals surface area contributed by atoms with Crippen LogP contribution in [0.5, 0.6) is 0 Å². The Morgan fingerprint density at radius 1 is 1.62 bits per heavy atom. The number of carbonyl (C=O) groups excluding carboxylic acids is 1. The van der Waals surface area contributed by atoms with Gasteiger partial charge >= 0.3 is 0 Å². The average molecular weight is 239 g/mol. The molecule has 1 unspecified atom stereocenters. The summed E-state index contributed by atoms with van der Waals surface area (Å²) in [5, 5.41) is 3.16. The molecule has 2 rings (SSSR count). The zero-order valence-corrected chi connectivity index (χ0v) is 10.1. The molecular weight excluding hydrogens is 222 g/mol. The Balaban J connectivity index is 1.67. The summed E-state index contributed by atoms with van der Waals surface area (Å²) in [6, 6.07) is 0. The van der Waals surface area contributed by atoms with E-state index in [-0.39, 0.29) is 11.2 Å². The van der Waals surface area contributed by atoms with Crippen LogP contribution in [0.15, 0.2) is 12.5 Å². The Bertz CT molecular complexity index is 320. The van der Waals surface area contributed by atoms with Crippen molar-refractivity contribution in [2.24, 2.45) is 0 Å². The first-order valence-electron chi connectivity index (χ1n) is 5.73. The molecule has 1 aliphatic heterocycles. The second-order valence-corrected chi connectivity index (χ2v) is 5.28. The van der Waals surface area contributed by atoms with Gasteiger partial charge in [-0.25, -0.2) is 4.98 Å². The van der Waals surface area contributed by atoms with Gasteiger partial charge < -0.3 is 10.3 Å². The number of hydrogen-bond donors (Lipinski definition) is 2. The van der Waals surface area contributed by atoms with Crippen LogP contribution in [-0.4, -0.2) is 33.4 Å². The Labute approximate surface area is 99.6 Å². The number of nitrogens with zero attached hydrogens (tertiary/aromatic N) is 1. The molecule has 1 atom stereocenters. The average Bonchev–Trinajstić information content (AvgIpc) is 2.83. The minimum absolute atomic E-state index is 0.176. The van der Waals surface area contributed by atoms with Crippen LogP contribution < -0.4 is 5.32 Å². The number of rotatable bonds is 4. The quantitative estimate of drug-likeness (QED) is 0.834. The van der Waals surface area contributed by atoms with Crippen LogP contribution in [0.1, 0.15) is 25.0 Å². The first-order valence-corrected chi connectivity index (χ1v) is 6.78. The Hall–Kier alpha value is -0.970. The van der Waals surface area contributed by atoms with Crippen molar-refractivity contribution in [1.29, 1.82) is 0 Å². The number of H-pyrrole nitrogens is 1. The molecule has 1 aliphatic rings. The summed E-state index contributed by atoms with van der Waals surface area (Å²) in [7, 11) is 0. The molecule has 1 aromatic heterocycles. The van der Waals surface area contributed by atoms with Gasteiger partial charge in [-0.1, -0.05) is 6.42 Å². The van der Waals surface area contributed by atoms with Crippen molar-refractivity contribution in [3.8, 4) is 0 Å². The Morgan fingerprint density at radius 3 is 3.25 bits per heavy atom. The fourth-order valence-electron chi connectivity index (χ4n) is 1.80. The van der Waals surface area contributed by atoms with Crippen molar-refractivity contribution >= 4 is 17.7 Å². The highest BCUT2D eigenvalue weighted by atomic mass is 32.2. The molecular formula is C11H17N3OS. The SMILES string of the molecule is O=C(NCCc1cnc[nH]1)C1CCCCS1. The first kappa shape index (κ1) is 11.5. The van der Waals surface area contributed by atoms with Crippen LogP contribution in [-0.2, 0) is 11.2 Å². The van der Waals surface area contributed by atoms with Gasteiger partial charge in [-0.05, 0) is 18.6 Å². The zero-order chi connectivity index (χ0) is 11.2. The molecule has 2 heterocycles. The second kappa shape index (κ2) is 5.94. The Morgan fingerprint density at radius 2 is 2.56 bits per heavy atom. The van der Waals surface area contributed by atoms with Crippen LogP contribution >= 0.6 is 11.8 Å². The zero-order valence-electron chi connectivity index (χ0n) is 9.24. The highest BCUT2D eigenvalue weighted by Crippen LogP contribution is 2.24. The van der Waals surface area contributed by atoms with Crippen molar-refractivity contribution in [2.45, 2.75) is 30.9 Å². The fraction of sp³-hybridized carbons (Fsp3) is 0.636. The lowest BCUT2D eigenvalue weighted by atomic mass is 10.2. The van der Waals surface area contributed by atoms with Gasteiger partial charge in [-0.15, -0.1) is 11.8 Å². The molecule has 0 bridgehead atoms. The van der Waals surface area contributed by atoms with E-state index in [1.54, 1.807) is 24.3 Å². The number of nitrogens with one attached hydrogen (secondary N) is 2. The fourth-order valence-corrected chi connectivity index (χ4v) is 3.03. The van der Waals surface area contributed by atoms with E-state index >= 15 is 0 Å². The maximum absolute atomic E-state index is 11.8. The molecule has 0 aliphatic carbocycles. The molecule has 1 fully saturated rings. The van der Waals surface area contributed by atoms with E-state index in [2.05, 4.69) is 15.3 Å². The third kappa shape index (κ3) is 3.27. The lowest BCUT2D eigenvalue weighted by molar-refractivity contribution is -0.120. The van der Waals surface area contributed by atoms with Gasteiger partial charge in [-0.2, -0.15) is 0 Å².